The van der Waals surface area contributed by atoms with Crippen LogP contribution < -0.4 is 0 Å². The summed E-state index contributed by atoms with van der Waals surface area (Å²) >= 11 is 2.33. The summed E-state index contributed by atoms with van der Waals surface area (Å²) in [6, 6.07) is 8.61. The molecule has 1 aliphatic carbocycles. The lowest BCUT2D eigenvalue weighted by Crippen LogP contribution is -2.26. The first-order valence-corrected chi connectivity index (χ1v) is 7.49. The first-order chi connectivity index (χ1) is 8.05. The highest BCUT2D eigenvalue weighted by Crippen LogP contribution is 2.36. The van der Waals surface area contributed by atoms with Gasteiger partial charge in [-0.15, -0.1) is 0 Å². The van der Waals surface area contributed by atoms with Crippen LogP contribution in [0.4, 0.5) is 0 Å². The minimum absolute atomic E-state index is 0.474. The van der Waals surface area contributed by atoms with Crippen LogP contribution in [0.15, 0.2) is 24.3 Å². The van der Waals surface area contributed by atoms with E-state index in [4.69, 9.17) is 4.74 Å². The summed E-state index contributed by atoms with van der Waals surface area (Å²) in [5, 5.41) is 0. The maximum atomic E-state index is 6.00. The Morgan fingerprint density at radius 2 is 1.76 bits per heavy atom. The largest absolute Gasteiger partial charge is 0.374 e. The molecular weight excluding hydrogens is 323 g/mol. The Labute approximate surface area is 118 Å². The van der Waals surface area contributed by atoms with Gasteiger partial charge in [-0.2, -0.15) is 0 Å². The van der Waals surface area contributed by atoms with Gasteiger partial charge in [-0.25, -0.2) is 0 Å². The van der Waals surface area contributed by atoms with Gasteiger partial charge in [0.05, 0.1) is 12.7 Å². The molecule has 2 rings (SSSR count). The first kappa shape index (κ1) is 13.3. The van der Waals surface area contributed by atoms with Gasteiger partial charge in [-0.05, 0) is 71.4 Å². The summed E-state index contributed by atoms with van der Waals surface area (Å²) in [5.41, 5.74) is 1.82. The van der Waals surface area contributed by atoms with Crippen molar-refractivity contribution in [2.75, 3.05) is 0 Å². The van der Waals surface area contributed by atoms with Crippen molar-refractivity contribution in [2.45, 2.75) is 52.2 Å². The van der Waals surface area contributed by atoms with Gasteiger partial charge in [0.15, 0.2) is 0 Å². The van der Waals surface area contributed by atoms with Crippen molar-refractivity contribution in [3.05, 3.63) is 33.4 Å². The zero-order chi connectivity index (χ0) is 12.3. The smallest absolute Gasteiger partial charge is 0.0720 e. The second-order valence-corrected chi connectivity index (χ2v) is 7.05. The molecule has 0 bridgehead atoms. The lowest BCUT2D eigenvalue weighted by Gasteiger charge is -2.34. The van der Waals surface area contributed by atoms with E-state index in [0.717, 1.165) is 6.61 Å². The van der Waals surface area contributed by atoms with Crippen LogP contribution in [-0.2, 0) is 11.3 Å². The molecule has 0 spiro atoms. The van der Waals surface area contributed by atoms with E-state index in [1.165, 1.54) is 34.8 Å². The predicted octanol–water partition coefficient (Wildman–Crippen LogP) is 4.78. The maximum Gasteiger partial charge on any atom is 0.0720 e. The van der Waals surface area contributed by atoms with Gasteiger partial charge < -0.3 is 4.74 Å². The third kappa shape index (κ3) is 4.25. The van der Waals surface area contributed by atoms with E-state index in [0.29, 0.717) is 11.5 Å². The zero-order valence-corrected chi connectivity index (χ0v) is 12.9. The maximum absolute atomic E-state index is 6.00. The highest BCUT2D eigenvalue weighted by molar-refractivity contribution is 14.1. The lowest BCUT2D eigenvalue weighted by molar-refractivity contribution is -0.00558. The molecule has 0 saturated heterocycles. The fourth-order valence-electron chi connectivity index (χ4n) is 2.33. The molecule has 0 heterocycles. The molecule has 1 aliphatic rings. The predicted molar refractivity (Wildman–Crippen MR) is 80.0 cm³/mol. The van der Waals surface area contributed by atoms with Crippen molar-refractivity contribution in [1.29, 1.82) is 0 Å². The first-order valence-electron chi connectivity index (χ1n) is 6.41. The molecular formula is C15H21IO. The van der Waals surface area contributed by atoms with Crippen LogP contribution in [0.25, 0.3) is 0 Å². The molecule has 0 amide bonds. The average Bonchev–Trinajstić information content (AvgIpc) is 2.30. The molecule has 0 radical (unpaired) electrons. The second-order valence-electron chi connectivity index (χ2n) is 5.80. The number of hydrogen-bond donors (Lipinski definition) is 0. The van der Waals surface area contributed by atoms with Gasteiger partial charge in [0.1, 0.15) is 0 Å². The van der Waals surface area contributed by atoms with Crippen molar-refractivity contribution in [3.8, 4) is 0 Å². The molecule has 1 fully saturated rings. The van der Waals surface area contributed by atoms with Gasteiger partial charge in [0, 0.05) is 3.57 Å². The quantitative estimate of drug-likeness (QED) is 0.718. The molecule has 17 heavy (non-hydrogen) atoms. The van der Waals surface area contributed by atoms with Crippen molar-refractivity contribution < 1.29 is 4.74 Å². The van der Waals surface area contributed by atoms with Crippen LogP contribution in [0.3, 0.4) is 0 Å². The molecule has 94 valence electrons. The van der Waals surface area contributed by atoms with Crippen molar-refractivity contribution >= 4 is 22.6 Å². The SMILES string of the molecule is CC1(C)CCC(OCc2ccc(I)cc2)CC1. The Kier molecular flexibility index (Phi) is 4.47. The Morgan fingerprint density at radius 3 is 2.35 bits per heavy atom. The van der Waals surface area contributed by atoms with Crippen molar-refractivity contribution in [3.63, 3.8) is 0 Å². The van der Waals surface area contributed by atoms with E-state index in [1.54, 1.807) is 0 Å². The van der Waals surface area contributed by atoms with E-state index in [-0.39, 0.29) is 0 Å². The van der Waals surface area contributed by atoms with Crippen molar-refractivity contribution in [2.24, 2.45) is 5.41 Å². The summed E-state index contributed by atoms with van der Waals surface area (Å²) in [4.78, 5) is 0. The molecule has 0 unspecified atom stereocenters. The highest BCUT2D eigenvalue weighted by atomic mass is 127. The highest BCUT2D eigenvalue weighted by Gasteiger charge is 2.26. The summed E-state index contributed by atoms with van der Waals surface area (Å²) in [6.45, 7) is 5.49. The van der Waals surface area contributed by atoms with Gasteiger partial charge >= 0.3 is 0 Å². The molecule has 1 aromatic carbocycles. The van der Waals surface area contributed by atoms with Gasteiger partial charge in [-0.3, -0.25) is 0 Å². The standard InChI is InChI=1S/C15H21IO/c1-15(2)9-7-14(8-10-15)17-11-12-3-5-13(16)6-4-12/h3-6,14H,7-11H2,1-2H3. The van der Waals surface area contributed by atoms with Gasteiger partial charge in [0.25, 0.3) is 0 Å². The third-order valence-electron chi connectivity index (χ3n) is 3.69. The monoisotopic (exact) mass is 344 g/mol. The molecule has 0 aromatic heterocycles. The summed E-state index contributed by atoms with van der Waals surface area (Å²) in [5.74, 6) is 0. The molecule has 1 nitrogen and oxygen atoms in total. The van der Waals surface area contributed by atoms with E-state index in [9.17, 15) is 0 Å². The Balaban J connectivity index is 1.78. The van der Waals surface area contributed by atoms with E-state index < -0.39 is 0 Å². The number of ether oxygens (including phenoxy) is 1. The van der Waals surface area contributed by atoms with Gasteiger partial charge in [-0.1, -0.05) is 26.0 Å². The molecule has 0 N–H and O–H groups in total. The summed E-state index contributed by atoms with van der Waals surface area (Å²) in [6.07, 6.45) is 5.51. The van der Waals surface area contributed by atoms with Gasteiger partial charge in [0.2, 0.25) is 0 Å². The fourth-order valence-corrected chi connectivity index (χ4v) is 2.69. The third-order valence-corrected chi connectivity index (χ3v) is 4.40. The Bertz CT molecular complexity index is 346. The Morgan fingerprint density at radius 1 is 1.18 bits per heavy atom. The second kappa shape index (κ2) is 5.70. The van der Waals surface area contributed by atoms with E-state index in [1.807, 2.05) is 0 Å². The number of hydrogen-bond acceptors (Lipinski definition) is 1. The van der Waals surface area contributed by atoms with Crippen LogP contribution in [0, 0.1) is 8.99 Å². The zero-order valence-electron chi connectivity index (χ0n) is 10.7. The molecule has 1 saturated carbocycles. The Hall–Kier alpha value is -0.0900. The van der Waals surface area contributed by atoms with Crippen LogP contribution in [0.1, 0.15) is 45.1 Å². The fraction of sp³-hybridized carbons (Fsp3) is 0.600. The lowest BCUT2D eigenvalue weighted by atomic mass is 9.76. The number of rotatable bonds is 3. The molecule has 2 heteroatoms. The molecule has 0 atom stereocenters. The summed E-state index contributed by atoms with van der Waals surface area (Å²) in [7, 11) is 0. The van der Waals surface area contributed by atoms with Crippen LogP contribution in [0.5, 0.6) is 0 Å². The number of halogens is 1. The van der Waals surface area contributed by atoms with E-state index in [2.05, 4.69) is 60.7 Å². The van der Waals surface area contributed by atoms with Crippen LogP contribution >= 0.6 is 22.6 Å². The normalized spacial score (nSPS) is 20.4. The molecule has 0 aliphatic heterocycles. The topological polar surface area (TPSA) is 9.23 Å². The minimum Gasteiger partial charge on any atom is -0.374 e. The minimum atomic E-state index is 0.474. The van der Waals surface area contributed by atoms with Crippen LogP contribution in [-0.4, -0.2) is 6.10 Å². The number of benzene rings is 1. The van der Waals surface area contributed by atoms with Crippen LogP contribution in [0.2, 0.25) is 0 Å². The molecule has 1 aromatic rings. The van der Waals surface area contributed by atoms with Crippen molar-refractivity contribution in [1.82, 2.24) is 0 Å². The van der Waals surface area contributed by atoms with E-state index >= 15 is 0 Å². The summed E-state index contributed by atoms with van der Waals surface area (Å²) < 4.78 is 7.28. The average molecular weight is 344 g/mol.